The molecule has 1 aromatic carbocycles. The van der Waals surface area contributed by atoms with Gasteiger partial charge < -0.3 is 11.1 Å². The largest absolute Gasteiger partial charge is 0.353 e. The van der Waals surface area contributed by atoms with E-state index in [1.54, 1.807) is 10.6 Å². The first kappa shape index (κ1) is 9.35. The summed E-state index contributed by atoms with van der Waals surface area (Å²) in [6, 6.07) is 7.37. The maximum atomic E-state index is 12.2. The van der Waals surface area contributed by atoms with Gasteiger partial charge >= 0.3 is 0 Å². The van der Waals surface area contributed by atoms with Crippen LogP contribution < -0.4 is 16.6 Å². The molecule has 0 fully saturated rings. The monoisotopic (exact) mass is 216 g/mol. The van der Waals surface area contributed by atoms with E-state index >= 15 is 0 Å². The molecule has 0 saturated heterocycles. The molecule has 82 valence electrons. The van der Waals surface area contributed by atoms with Crippen molar-refractivity contribution in [3.05, 3.63) is 34.6 Å². The van der Waals surface area contributed by atoms with E-state index in [9.17, 15) is 4.79 Å². The van der Waals surface area contributed by atoms with Crippen LogP contribution in [0.2, 0.25) is 0 Å². The van der Waals surface area contributed by atoms with Gasteiger partial charge in [-0.05, 0) is 12.1 Å². The highest BCUT2D eigenvalue weighted by Gasteiger charge is 2.23. The Morgan fingerprint density at radius 2 is 2.31 bits per heavy atom. The maximum Gasteiger partial charge on any atom is 0.263 e. The van der Waals surface area contributed by atoms with Gasteiger partial charge in [0.05, 0.1) is 16.9 Å². The number of anilines is 1. The lowest BCUT2D eigenvalue weighted by molar-refractivity contribution is 0.567. The molecule has 3 N–H and O–H groups in total. The molecule has 5 heteroatoms. The Kier molecular flexibility index (Phi) is 1.94. The minimum atomic E-state index is -0.0129. The predicted octanol–water partition coefficient (Wildman–Crippen LogP) is 0.322. The van der Waals surface area contributed by atoms with Crippen LogP contribution in [0.1, 0.15) is 6.04 Å². The van der Waals surface area contributed by atoms with E-state index in [0.29, 0.717) is 24.4 Å². The summed E-state index contributed by atoms with van der Waals surface area (Å²) >= 11 is 0. The van der Waals surface area contributed by atoms with Crippen LogP contribution in [0.15, 0.2) is 29.1 Å². The number of rotatable bonds is 1. The summed E-state index contributed by atoms with van der Waals surface area (Å²) in [5, 5.41) is 3.75. The lowest BCUT2D eigenvalue weighted by Gasteiger charge is -2.09. The molecule has 0 amide bonds. The summed E-state index contributed by atoms with van der Waals surface area (Å²) in [5.74, 6) is 0.624. The fourth-order valence-electron chi connectivity index (χ4n) is 2.10. The summed E-state index contributed by atoms with van der Waals surface area (Å²) in [6.45, 7) is 1.12. The van der Waals surface area contributed by atoms with E-state index in [1.165, 1.54) is 0 Å². The second kappa shape index (κ2) is 3.31. The third-order valence-corrected chi connectivity index (χ3v) is 2.94. The molecule has 0 bridgehead atoms. The number of nitrogens with one attached hydrogen (secondary N) is 1. The van der Waals surface area contributed by atoms with Crippen LogP contribution in [-0.2, 0) is 0 Å². The van der Waals surface area contributed by atoms with Crippen molar-refractivity contribution in [1.82, 2.24) is 9.55 Å². The van der Waals surface area contributed by atoms with Crippen molar-refractivity contribution in [2.45, 2.75) is 6.04 Å². The molecule has 5 nitrogen and oxygen atoms in total. The zero-order valence-electron chi connectivity index (χ0n) is 8.68. The minimum Gasteiger partial charge on any atom is -0.353 e. The summed E-state index contributed by atoms with van der Waals surface area (Å²) in [6.07, 6.45) is 0. The molecule has 1 aliphatic heterocycles. The van der Waals surface area contributed by atoms with Gasteiger partial charge in [-0.1, -0.05) is 12.1 Å². The SMILES string of the molecule is NC[C@H]1CNc2nc3ccccc3c(=O)n21. The van der Waals surface area contributed by atoms with Gasteiger partial charge in [0.2, 0.25) is 5.95 Å². The van der Waals surface area contributed by atoms with E-state index in [1.807, 2.05) is 18.2 Å². The molecule has 0 radical (unpaired) electrons. The average Bonchev–Trinajstić information content (AvgIpc) is 2.72. The van der Waals surface area contributed by atoms with Gasteiger partial charge in [0, 0.05) is 13.1 Å². The van der Waals surface area contributed by atoms with Crippen molar-refractivity contribution in [3.8, 4) is 0 Å². The molecule has 2 aromatic rings. The summed E-state index contributed by atoms with van der Waals surface area (Å²) in [7, 11) is 0. The van der Waals surface area contributed by atoms with Crippen LogP contribution in [0.25, 0.3) is 10.9 Å². The molecule has 1 aromatic heterocycles. The van der Waals surface area contributed by atoms with Crippen LogP contribution in [0.3, 0.4) is 0 Å². The molecule has 0 spiro atoms. The number of para-hydroxylation sites is 1. The Balaban J connectivity index is 2.37. The second-order valence-corrected chi connectivity index (χ2v) is 3.90. The Morgan fingerprint density at radius 3 is 3.12 bits per heavy atom. The predicted molar refractivity (Wildman–Crippen MR) is 62.6 cm³/mol. The third kappa shape index (κ3) is 1.15. The third-order valence-electron chi connectivity index (χ3n) is 2.94. The number of nitrogens with zero attached hydrogens (tertiary/aromatic N) is 2. The summed E-state index contributed by atoms with van der Waals surface area (Å²) < 4.78 is 1.66. The highest BCUT2D eigenvalue weighted by Crippen LogP contribution is 2.20. The second-order valence-electron chi connectivity index (χ2n) is 3.90. The lowest BCUT2D eigenvalue weighted by atomic mass is 10.2. The molecule has 0 aliphatic carbocycles. The first-order chi connectivity index (χ1) is 7.81. The minimum absolute atomic E-state index is 0.0129. The highest BCUT2D eigenvalue weighted by atomic mass is 16.1. The highest BCUT2D eigenvalue weighted by molar-refractivity contribution is 5.78. The zero-order chi connectivity index (χ0) is 11.1. The normalized spacial score (nSPS) is 18.4. The van der Waals surface area contributed by atoms with E-state index in [0.717, 1.165) is 5.52 Å². The van der Waals surface area contributed by atoms with Gasteiger partial charge in [0.25, 0.3) is 5.56 Å². The molecular formula is C11H12N4O. The molecule has 1 aliphatic rings. The number of hydrogen-bond donors (Lipinski definition) is 2. The maximum absolute atomic E-state index is 12.2. The Bertz CT molecular complexity index is 604. The molecule has 16 heavy (non-hydrogen) atoms. The fraction of sp³-hybridized carbons (Fsp3) is 0.273. The summed E-state index contributed by atoms with van der Waals surface area (Å²) in [4.78, 5) is 16.6. The Labute approximate surface area is 91.9 Å². The molecule has 0 unspecified atom stereocenters. The van der Waals surface area contributed by atoms with Crippen LogP contribution in [0.4, 0.5) is 5.95 Å². The standard InChI is InChI=1S/C11H12N4O/c12-5-7-6-13-11-14-9-4-2-1-3-8(9)10(16)15(7)11/h1-4,7H,5-6,12H2,(H,13,14)/t7-/m0/s1. The van der Waals surface area contributed by atoms with Crippen molar-refractivity contribution in [2.24, 2.45) is 5.73 Å². The van der Waals surface area contributed by atoms with E-state index in [4.69, 9.17) is 5.73 Å². The first-order valence-electron chi connectivity index (χ1n) is 5.26. The van der Waals surface area contributed by atoms with Crippen LogP contribution in [0, 0.1) is 0 Å². The molecule has 0 saturated carbocycles. The van der Waals surface area contributed by atoms with Crippen molar-refractivity contribution in [2.75, 3.05) is 18.4 Å². The smallest absolute Gasteiger partial charge is 0.263 e. The van der Waals surface area contributed by atoms with Gasteiger partial charge in [-0.2, -0.15) is 0 Å². The Morgan fingerprint density at radius 1 is 1.50 bits per heavy atom. The first-order valence-corrected chi connectivity index (χ1v) is 5.26. The Hall–Kier alpha value is -1.88. The number of nitrogens with two attached hydrogens (primary N) is 1. The topological polar surface area (TPSA) is 72.9 Å². The van der Waals surface area contributed by atoms with E-state index in [-0.39, 0.29) is 11.6 Å². The van der Waals surface area contributed by atoms with Gasteiger partial charge in [0.15, 0.2) is 0 Å². The lowest BCUT2D eigenvalue weighted by Crippen LogP contribution is -2.28. The zero-order valence-corrected chi connectivity index (χ0v) is 8.68. The molecule has 1 atom stereocenters. The summed E-state index contributed by atoms with van der Waals surface area (Å²) in [5.41, 5.74) is 6.35. The molecule has 3 rings (SSSR count). The van der Waals surface area contributed by atoms with Gasteiger partial charge in [-0.25, -0.2) is 4.98 Å². The number of fused-ring (bicyclic) bond motifs is 2. The van der Waals surface area contributed by atoms with Crippen molar-refractivity contribution in [1.29, 1.82) is 0 Å². The van der Waals surface area contributed by atoms with Crippen molar-refractivity contribution >= 4 is 16.9 Å². The van der Waals surface area contributed by atoms with Crippen LogP contribution in [-0.4, -0.2) is 22.6 Å². The van der Waals surface area contributed by atoms with Gasteiger partial charge in [-0.15, -0.1) is 0 Å². The van der Waals surface area contributed by atoms with E-state index in [2.05, 4.69) is 10.3 Å². The fourth-order valence-corrected chi connectivity index (χ4v) is 2.10. The van der Waals surface area contributed by atoms with Crippen molar-refractivity contribution in [3.63, 3.8) is 0 Å². The molecule has 2 heterocycles. The quantitative estimate of drug-likeness (QED) is 0.720. The number of hydrogen-bond acceptors (Lipinski definition) is 4. The number of aromatic nitrogens is 2. The van der Waals surface area contributed by atoms with Gasteiger partial charge in [-0.3, -0.25) is 9.36 Å². The van der Waals surface area contributed by atoms with Crippen LogP contribution in [0.5, 0.6) is 0 Å². The number of benzene rings is 1. The van der Waals surface area contributed by atoms with Crippen LogP contribution >= 0.6 is 0 Å². The van der Waals surface area contributed by atoms with Crippen molar-refractivity contribution < 1.29 is 0 Å². The average molecular weight is 216 g/mol. The van der Waals surface area contributed by atoms with Gasteiger partial charge in [0.1, 0.15) is 0 Å². The van der Waals surface area contributed by atoms with E-state index < -0.39 is 0 Å². The molecular weight excluding hydrogens is 204 g/mol.